The number of carboxylic acid groups (broad SMARTS) is 1. The van der Waals surface area contributed by atoms with Crippen molar-refractivity contribution in [1.29, 1.82) is 0 Å². The predicted molar refractivity (Wildman–Crippen MR) is 91.0 cm³/mol. The number of halogens is 1. The van der Waals surface area contributed by atoms with Crippen molar-refractivity contribution >= 4 is 11.9 Å². The Morgan fingerprint density at radius 3 is 2.73 bits per heavy atom. The van der Waals surface area contributed by atoms with Crippen LogP contribution in [0.25, 0.3) is 0 Å². The van der Waals surface area contributed by atoms with Gasteiger partial charge in [-0.2, -0.15) is 0 Å². The van der Waals surface area contributed by atoms with Gasteiger partial charge in [-0.25, -0.2) is 9.18 Å². The summed E-state index contributed by atoms with van der Waals surface area (Å²) in [6, 6.07) is 8.93. The molecule has 26 heavy (non-hydrogen) atoms. The monoisotopic (exact) mass is 361 g/mol. The number of aryl methyl sites for hydroxylation is 2. The van der Waals surface area contributed by atoms with Gasteiger partial charge in [-0.15, -0.1) is 0 Å². The number of carbonyl (C=O) groups excluding carboxylic acids is 1. The number of alkyl halides is 1. The van der Waals surface area contributed by atoms with Crippen LogP contribution in [0.2, 0.25) is 0 Å². The van der Waals surface area contributed by atoms with Crippen molar-refractivity contribution in [2.75, 3.05) is 13.1 Å². The van der Waals surface area contributed by atoms with Crippen LogP contribution in [0.3, 0.4) is 0 Å². The van der Waals surface area contributed by atoms with E-state index in [1.54, 1.807) is 6.07 Å². The van der Waals surface area contributed by atoms with Gasteiger partial charge >= 0.3 is 5.97 Å². The summed E-state index contributed by atoms with van der Waals surface area (Å²) in [4.78, 5) is 24.5. The first-order valence-electron chi connectivity index (χ1n) is 8.29. The molecule has 1 fully saturated rings. The Kier molecular flexibility index (Phi) is 4.71. The normalized spacial score (nSPS) is 19.6. The maximum atomic E-state index is 14.1. The lowest BCUT2D eigenvalue weighted by molar-refractivity contribution is -0.149. The summed E-state index contributed by atoms with van der Waals surface area (Å²) in [5.74, 6) is -0.849. The van der Waals surface area contributed by atoms with Gasteiger partial charge < -0.3 is 19.2 Å². The summed E-state index contributed by atoms with van der Waals surface area (Å²) in [6.07, 6.45) is -0.225. The molecule has 1 unspecified atom stereocenters. The molecule has 1 aromatic carbocycles. The lowest BCUT2D eigenvalue weighted by Gasteiger charge is -2.16. The van der Waals surface area contributed by atoms with Crippen LogP contribution in [0.1, 0.15) is 33.9 Å². The Morgan fingerprint density at radius 1 is 1.31 bits per heavy atom. The van der Waals surface area contributed by atoms with Gasteiger partial charge in [0.15, 0.2) is 5.76 Å². The topological polar surface area (TPSA) is 80.0 Å². The van der Waals surface area contributed by atoms with E-state index in [1.165, 1.54) is 6.07 Å². The fourth-order valence-corrected chi connectivity index (χ4v) is 2.96. The first-order valence-corrected chi connectivity index (χ1v) is 8.29. The second-order valence-corrected chi connectivity index (χ2v) is 6.57. The van der Waals surface area contributed by atoms with Crippen molar-refractivity contribution in [3.05, 3.63) is 53.0 Å². The summed E-state index contributed by atoms with van der Waals surface area (Å²) >= 11 is 0. The molecular weight excluding hydrogens is 341 g/mol. The van der Waals surface area contributed by atoms with Crippen LogP contribution in [0.5, 0.6) is 5.75 Å². The van der Waals surface area contributed by atoms with Crippen LogP contribution in [-0.2, 0) is 11.4 Å². The SMILES string of the molecule is Cc1ccc(OCc2ccc(C(=O)N3CCC(F)(C(=O)O)C3)o2)c(C)c1. The molecule has 0 bridgehead atoms. The highest BCUT2D eigenvalue weighted by molar-refractivity contribution is 5.92. The lowest BCUT2D eigenvalue weighted by atomic mass is 10.1. The van der Waals surface area contributed by atoms with Crippen molar-refractivity contribution in [3.8, 4) is 5.75 Å². The van der Waals surface area contributed by atoms with Crippen LogP contribution < -0.4 is 4.74 Å². The molecule has 138 valence electrons. The molecule has 1 aliphatic rings. The number of nitrogens with zero attached hydrogens (tertiary/aromatic N) is 1. The third kappa shape index (κ3) is 3.56. The standard InChI is InChI=1S/C19H20FNO5/c1-12-3-5-15(13(2)9-12)25-10-14-4-6-16(26-14)17(22)21-8-7-19(20,11-21)18(23)24/h3-6,9H,7-8,10-11H2,1-2H3,(H,23,24). The van der Waals surface area contributed by atoms with E-state index in [1.807, 2.05) is 32.0 Å². The highest BCUT2D eigenvalue weighted by Gasteiger charge is 2.47. The second-order valence-electron chi connectivity index (χ2n) is 6.57. The highest BCUT2D eigenvalue weighted by Crippen LogP contribution is 2.27. The molecule has 1 atom stereocenters. The number of rotatable bonds is 5. The zero-order valence-corrected chi connectivity index (χ0v) is 14.6. The molecule has 3 rings (SSSR count). The number of carbonyl (C=O) groups is 2. The molecule has 6 nitrogen and oxygen atoms in total. The predicted octanol–water partition coefficient (Wildman–Crippen LogP) is 3.11. The van der Waals surface area contributed by atoms with Gasteiger partial charge in [0.2, 0.25) is 5.67 Å². The van der Waals surface area contributed by atoms with Gasteiger partial charge in [0.05, 0.1) is 6.54 Å². The minimum Gasteiger partial charge on any atom is -0.485 e. The molecule has 1 amide bonds. The molecule has 0 saturated carbocycles. The van der Waals surface area contributed by atoms with Crippen molar-refractivity contribution in [1.82, 2.24) is 4.90 Å². The first kappa shape index (κ1) is 18.0. The summed E-state index contributed by atoms with van der Waals surface area (Å²) in [6.45, 7) is 3.65. The number of ether oxygens (including phenoxy) is 1. The van der Waals surface area contributed by atoms with Crippen LogP contribution in [-0.4, -0.2) is 40.6 Å². The number of carboxylic acids is 1. The summed E-state index contributed by atoms with van der Waals surface area (Å²) in [7, 11) is 0. The second kappa shape index (κ2) is 6.82. The molecule has 1 saturated heterocycles. The van der Waals surface area contributed by atoms with Gasteiger partial charge in [-0.3, -0.25) is 4.79 Å². The van der Waals surface area contributed by atoms with E-state index in [9.17, 15) is 14.0 Å². The smallest absolute Gasteiger partial charge is 0.343 e. The minimum atomic E-state index is -2.39. The Balaban J connectivity index is 1.63. The number of amides is 1. The summed E-state index contributed by atoms with van der Waals surface area (Å²) in [5.41, 5.74) is -0.258. The van der Waals surface area contributed by atoms with Gasteiger partial charge in [-0.1, -0.05) is 17.7 Å². The Bertz CT molecular complexity index is 846. The molecule has 7 heteroatoms. The van der Waals surface area contributed by atoms with Crippen LogP contribution >= 0.6 is 0 Å². The van der Waals surface area contributed by atoms with Crippen molar-refractivity contribution < 1.29 is 28.2 Å². The zero-order valence-electron chi connectivity index (χ0n) is 14.6. The number of likely N-dealkylation sites (tertiary alicyclic amines) is 1. The fourth-order valence-electron chi connectivity index (χ4n) is 2.96. The van der Waals surface area contributed by atoms with Crippen LogP contribution in [0, 0.1) is 13.8 Å². The Morgan fingerprint density at radius 2 is 2.08 bits per heavy atom. The molecule has 2 heterocycles. The largest absolute Gasteiger partial charge is 0.485 e. The molecule has 1 aliphatic heterocycles. The lowest BCUT2D eigenvalue weighted by Crippen LogP contribution is -2.38. The molecule has 1 N–H and O–H groups in total. The van der Waals surface area contributed by atoms with Gasteiger partial charge in [0.1, 0.15) is 18.1 Å². The molecule has 0 spiro atoms. The van der Waals surface area contributed by atoms with Gasteiger partial charge in [0.25, 0.3) is 5.91 Å². The van der Waals surface area contributed by atoms with Crippen LogP contribution in [0.15, 0.2) is 34.7 Å². The molecule has 2 aromatic rings. The van der Waals surface area contributed by atoms with E-state index in [2.05, 4.69) is 0 Å². The molecule has 0 aliphatic carbocycles. The zero-order chi connectivity index (χ0) is 18.9. The summed E-state index contributed by atoms with van der Waals surface area (Å²) < 4.78 is 25.3. The maximum absolute atomic E-state index is 14.1. The quantitative estimate of drug-likeness (QED) is 0.885. The van der Waals surface area contributed by atoms with Crippen molar-refractivity contribution in [2.45, 2.75) is 32.5 Å². The van der Waals surface area contributed by atoms with Gasteiger partial charge in [-0.05, 0) is 37.6 Å². The van der Waals surface area contributed by atoms with E-state index < -0.39 is 24.1 Å². The number of benzene rings is 1. The third-order valence-electron chi connectivity index (χ3n) is 4.46. The van der Waals surface area contributed by atoms with E-state index >= 15 is 0 Å². The Labute approximate surface area is 150 Å². The average Bonchev–Trinajstić information content (AvgIpc) is 3.21. The van der Waals surface area contributed by atoms with E-state index in [0.29, 0.717) is 5.76 Å². The van der Waals surface area contributed by atoms with E-state index in [0.717, 1.165) is 21.8 Å². The number of aliphatic carboxylic acids is 1. The molecule has 0 radical (unpaired) electrons. The van der Waals surface area contributed by atoms with Gasteiger partial charge in [0, 0.05) is 13.0 Å². The van der Waals surface area contributed by atoms with Crippen LogP contribution in [0.4, 0.5) is 4.39 Å². The Hall–Kier alpha value is -2.83. The number of hydrogen-bond acceptors (Lipinski definition) is 4. The number of hydrogen-bond donors (Lipinski definition) is 1. The van der Waals surface area contributed by atoms with Crippen molar-refractivity contribution in [3.63, 3.8) is 0 Å². The highest BCUT2D eigenvalue weighted by atomic mass is 19.1. The van der Waals surface area contributed by atoms with Crippen molar-refractivity contribution in [2.24, 2.45) is 0 Å². The molecular formula is C19H20FNO5. The average molecular weight is 361 g/mol. The van der Waals surface area contributed by atoms with E-state index in [4.69, 9.17) is 14.3 Å². The van der Waals surface area contributed by atoms with E-state index in [-0.39, 0.29) is 25.3 Å². The maximum Gasteiger partial charge on any atom is 0.343 e. The first-order chi connectivity index (χ1) is 12.3. The summed E-state index contributed by atoms with van der Waals surface area (Å²) in [5, 5.41) is 8.91. The number of furan rings is 1. The molecule has 1 aromatic heterocycles. The minimum absolute atomic E-state index is 0.0384. The fraction of sp³-hybridized carbons (Fsp3) is 0.368. The third-order valence-corrected chi connectivity index (χ3v) is 4.46.